The maximum absolute atomic E-state index is 12.4. The molecule has 0 atom stereocenters. The number of likely N-dealkylation sites (N-methyl/N-ethyl adjacent to an activating group) is 1. The molecule has 0 spiro atoms. The van der Waals surface area contributed by atoms with Gasteiger partial charge >= 0.3 is 5.97 Å². The molecule has 19 heavy (non-hydrogen) atoms. The highest BCUT2D eigenvalue weighted by molar-refractivity contribution is 7.99. The Balaban J connectivity index is 3.00. The van der Waals surface area contributed by atoms with Gasteiger partial charge in [0.15, 0.2) is 0 Å². The molecule has 1 aromatic rings. The zero-order valence-corrected chi connectivity index (χ0v) is 11.0. The molecule has 0 bridgehead atoms. The second-order valence-electron chi connectivity index (χ2n) is 3.59. The summed E-state index contributed by atoms with van der Waals surface area (Å²) in [7, 11) is 0. The van der Waals surface area contributed by atoms with Crippen LogP contribution in [-0.4, -0.2) is 40.7 Å². The van der Waals surface area contributed by atoms with E-state index in [1.807, 2.05) is 0 Å². The van der Waals surface area contributed by atoms with Gasteiger partial charge < -0.3 is 10.0 Å². The second-order valence-corrected chi connectivity index (χ2v) is 4.62. The van der Waals surface area contributed by atoms with E-state index in [0.29, 0.717) is 0 Å². The first-order valence-electron chi connectivity index (χ1n) is 5.50. The summed E-state index contributed by atoms with van der Waals surface area (Å²) in [6.07, 6.45) is 0. The van der Waals surface area contributed by atoms with Crippen LogP contribution in [0.4, 0.5) is 8.78 Å². The fourth-order valence-corrected chi connectivity index (χ4v) is 2.13. The molecule has 0 aromatic heterocycles. The molecule has 0 fully saturated rings. The van der Waals surface area contributed by atoms with Crippen LogP contribution in [0.3, 0.4) is 0 Å². The van der Waals surface area contributed by atoms with Crippen molar-refractivity contribution in [1.29, 1.82) is 0 Å². The van der Waals surface area contributed by atoms with Crippen LogP contribution in [-0.2, 0) is 4.79 Å². The van der Waals surface area contributed by atoms with Gasteiger partial charge in [0.25, 0.3) is 11.7 Å². The first-order valence-corrected chi connectivity index (χ1v) is 6.38. The molecule has 1 N–H and O–H groups in total. The number of aliphatic carboxylic acids is 1. The van der Waals surface area contributed by atoms with Gasteiger partial charge in [-0.1, -0.05) is 23.9 Å². The number of halogens is 2. The summed E-state index contributed by atoms with van der Waals surface area (Å²) in [5, 5.41) is 8.71. The van der Waals surface area contributed by atoms with Gasteiger partial charge in [-0.05, 0) is 19.1 Å². The fourth-order valence-electron chi connectivity index (χ4n) is 1.50. The summed E-state index contributed by atoms with van der Waals surface area (Å²) < 4.78 is 24.8. The Morgan fingerprint density at radius 2 is 2.00 bits per heavy atom. The number of carboxylic acid groups (broad SMARTS) is 1. The van der Waals surface area contributed by atoms with Crippen molar-refractivity contribution in [1.82, 2.24) is 4.90 Å². The molecule has 0 aliphatic heterocycles. The Kier molecular flexibility index (Phi) is 5.75. The molecule has 0 unspecified atom stereocenters. The van der Waals surface area contributed by atoms with E-state index < -0.39 is 24.2 Å². The minimum atomic E-state index is -2.64. The zero-order valence-electron chi connectivity index (χ0n) is 10.2. The number of amides is 1. The number of rotatable bonds is 6. The minimum absolute atomic E-state index is 0.0934. The van der Waals surface area contributed by atoms with Crippen molar-refractivity contribution in [2.45, 2.75) is 17.6 Å². The molecule has 0 saturated carbocycles. The molecule has 0 saturated heterocycles. The average Bonchev–Trinajstić information content (AvgIpc) is 2.35. The van der Waals surface area contributed by atoms with E-state index >= 15 is 0 Å². The number of alkyl halides is 2. The molecule has 1 rings (SSSR count). The molecule has 0 aliphatic rings. The number of carbonyl (C=O) groups excluding carboxylic acids is 1. The monoisotopic (exact) mass is 289 g/mol. The van der Waals surface area contributed by atoms with Crippen molar-refractivity contribution < 1.29 is 23.5 Å². The third-order valence-electron chi connectivity index (χ3n) is 2.33. The highest BCUT2D eigenvalue weighted by Gasteiger charge is 2.21. The molecule has 104 valence electrons. The van der Waals surface area contributed by atoms with Crippen molar-refractivity contribution in [3.05, 3.63) is 29.8 Å². The molecule has 7 heteroatoms. The van der Waals surface area contributed by atoms with E-state index in [-0.39, 0.29) is 28.8 Å². The van der Waals surface area contributed by atoms with Crippen LogP contribution < -0.4 is 0 Å². The highest BCUT2D eigenvalue weighted by atomic mass is 32.2. The lowest BCUT2D eigenvalue weighted by Crippen LogP contribution is -2.35. The predicted octanol–water partition coefficient (Wildman–Crippen LogP) is 2.55. The predicted molar refractivity (Wildman–Crippen MR) is 67.5 cm³/mol. The lowest BCUT2D eigenvalue weighted by Gasteiger charge is -2.20. The van der Waals surface area contributed by atoms with Gasteiger partial charge in [0.2, 0.25) is 0 Å². The van der Waals surface area contributed by atoms with Crippen molar-refractivity contribution in [2.24, 2.45) is 0 Å². The highest BCUT2D eigenvalue weighted by Crippen LogP contribution is 2.29. The second kappa shape index (κ2) is 7.08. The lowest BCUT2D eigenvalue weighted by atomic mass is 10.2. The van der Waals surface area contributed by atoms with Gasteiger partial charge in [-0.25, -0.2) is 0 Å². The van der Waals surface area contributed by atoms with E-state index in [2.05, 4.69) is 0 Å². The largest absolute Gasteiger partial charge is 0.480 e. The van der Waals surface area contributed by atoms with E-state index in [1.54, 1.807) is 19.1 Å². The van der Waals surface area contributed by atoms with Crippen molar-refractivity contribution in [3.8, 4) is 0 Å². The maximum atomic E-state index is 12.4. The molecule has 0 aliphatic carbocycles. The normalized spacial score (nSPS) is 10.5. The fraction of sp³-hybridized carbons (Fsp3) is 0.333. The third-order valence-corrected chi connectivity index (χ3v) is 3.12. The van der Waals surface area contributed by atoms with Crippen LogP contribution in [0.15, 0.2) is 29.2 Å². The summed E-state index contributed by atoms with van der Waals surface area (Å²) >= 11 is 0.272. The molecule has 0 radical (unpaired) electrons. The number of carboxylic acids is 1. The van der Waals surface area contributed by atoms with Gasteiger partial charge in [0, 0.05) is 11.4 Å². The molecule has 1 aromatic carbocycles. The number of hydrogen-bond donors (Lipinski definition) is 1. The summed E-state index contributed by atoms with van der Waals surface area (Å²) in [6.45, 7) is 1.37. The lowest BCUT2D eigenvalue weighted by molar-refractivity contribution is -0.137. The smallest absolute Gasteiger partial charge is 0.323 e. The Bertz CT molecular complexity index is 468. The SMILES string of the molecule is CCN(CC(=O)O)C(=O)c1ccccc1SC(F)F. The minimum Gasteiger partial charge on any atom is -0.480 e. The Labute approximate surface area is 113 Å². The third kappa shape index (κ3) is 4.51. The standard InChI is InChI=1S/C12H13F2NO3S/c1-2-15(7-10(16)17)11(18)8-5-3-4-6-9(8)19-12(13)14/h3-6,12H,2,7H2,1H3,(H,16,17). The van der Waals surface area contributed by atoms with Gasteiger partial charge in [-0.2, -0.15) is 8.78 Å². The van der Waals surface area contributed by atoms with Gasteiger partial charge in [-0.3, -0.25) is 9.59 Å². The zero-order chi connectivity index (χ0) is 14.4. The van der Waals surface area contributed by atoms with E-state index in [9.17, 15) is 18.4 Å². The number of carbonyl (C=O) groups is 2. The van der Waals surface area contributed by atoms with Gasteiger partial charge in [0.05, 0.1) is 5.56 Å². The number of thioether (sulfide) groups is 1. The van der Waals surface area contributed by atoms with Crippen molar-refractivity contribution >= 4 is 23.6 Å². The molecule has 0 heterocycles. The average molecular weight is 289 g/mol. The quantitative estimate of drug-likeness (QED) is 0.818. The summed E-state index contributed by atoms with van der Waals surface area (Å²) in [6, 6.07) is 5.93. The number of benzene rings is 1. The summed E-state index contributed by atoms with van der Waals surface area (Å²) in [5.74, 6) is -4.34. The van der Waals surface area contributed by atoms with E-state index in [1.165, 1.54) is 12.1 Å². The Morgan fingerprint density at radius 1 is 1.37 bits per heavy atom. The van der Waals surface area contributed by atoms with Crippen LogP contribution in [0, 0.1) is 0 Å². The number of hydrogen-bond acceptors (Lipinski definition) is 3. The van der Waals surface area contributed by atoms with Crippen LogP contribution in [0.5, 0.6) is 0 Å². The van der Waals surface area contributed by atoms with Gasteiger partial charge in [0.1, 0.15) is 6.54 Å². The molecule has 4 nitrogen and oxygen atoms in total. The molecular weight excluding hydrogens is 276 g/mol. The van der Waals surface area contributed by atoms with Crippen molar-refractivity contribution in [2.75, 3.05) is 13.1 Å². The van der Waals surface area contributed by atoms with Crippen LogP contribution in [0.25, 0.3) is 0 Å². The summed E-state index contributed by atoms with van der Waals surface area (Å²) in [4.78, 5) is 24.0. The first kappa shape index (κ1) is 15.4. The first-order chi connectivity index (χ1) is 8.95. The Morgan fingerprint density at radius 3 is 2.53 bits per heavy atom. The maximum Gasteiger partial charge on any atom is 0.323 e. The van der Waals surface area contributed by atoms with Gasteiger partial charge in [-0.15, -0.1) is 0 Å². The summed E-state index contributed by atoms with van der Waals surface area (Å²) in [5.41, 5.74) is 0.0934. The molecular formula is C12H13F2NO3S. The Hall–Kier alpha value is -1.63. The topological polar surface area (TPSA) is 57.6 Å². The molecule has 1 amide bonds. The van der Waals surface area contributed by atoms with E-state index in [4.69, 9.17) is 5.11 Å². The number of nitrogens with zero attached hydrogens (tertiary/aromatic N) is 1. The van der Waals surface area contributed by atoms with Crippen LogP contribution in [0.1, 0.15) is 17.3 Å². The van der Waals surface area contributed by atoms with Crippen molar-refractivity contribution in [3.63, 3.8) is 0 Å². The van der Waals surface area contributed by atoms with Crippen LogP contribution >= 0.6 is 11.8 Å². The van der Waals surface area contributed by atoms with Crippen LogP contribution in [0.2, 0.25) is 0 Å². The van der Waals surface area contributed by atoms with E-state index in [0.717, 1.165) is 4.90 Å².